The van der Waals surface area contributed by atoms with Crippen molar-refractivity contribution in [1.82, 2.24) is 0 Å². The van der Waals surface area contributed by atoms with E-state index in [2.05, 4.69) is 0 Å². The van der Waals surface area contributed by atoms with Crippen LogP contribution in [-0.2, 0) is 6.42 Å². The highest BCUT2D eigenvalue weighted by atomic mass is 16.4. The molecule has 0 aliphatic heterocycles. The molecule has 66 valence electrons. The lowest BCUT2D eigenvalue weighted by Gasteiger charge is -1.99. The van der Waals surface area contributed by atoms with E-state index in [1.165, 1.54) is 13.0 Å². The SMILES string of the molecule is CCCc1cc(O)c(C)c(=O)o1. The monoisotopic (exact) mass is 168 g/mol. The summed E-state index contributed by atoms with van der Waals surface area (Å²) < 4.78 is 4.91. The first-order valence-electron chi connectivity index (χ1n) is 3.97. The summed E-state index contributed by atoms with van der Waals surface area (Å²) >= 11 is 0. The van der Waals surface area contributed by atoms with Gasteiger partial charge in [-0.1, -0.05) is 6.92 Å². The summed E-state index contributed by atoms with van der Waals surface area (Å²) in [5, 5.41) is 9.25. The van der Waals surface area contributed by atoms with Crippen LogP contribution in [0, 0.1) is 6.92 Å². The molecular weight excluding hydrogens is 156 g/mol. The average molecular weight is 168 g/mol. The molecule has 1 aromatic rings. The zero-order valence-corrected chi connectivity index (χ0v) is 7.26. The van der Waals surface area contributed by atoms with E-state index in [1.807, 2.05) is 6.92 Å². The second-order valence-corrected chi connectivity index (χ2v) is 2.76. The van der Waals surface area contributed by atoms with Crippen molar-refractivity contribution < 1.29 is 9.52 Å². The van der Waals surface area contributed by atoms with Crippen molar-refractivity contribution in [2.45, 2.75) is 26.7 Å². The van der Waals surface area contributed by atoms with Crippen LogP contribution in [0.15, 0.2) is 15.3 Å². The fraction of sp³-hybridized carbons (Fsp3) is 0.444. The van der Waals surface area contributed by atoms with Gasteiger partial charge in [0.15, 0.2) is 0 Å². The maximum Gasteiger partial charge on any atom is 0.342 e. The molecular formula is C9H12O3. The summed E-state index contributed by atoms with van der Waals surface area (Å²) in [5.41, 5.74) is -0.173. The van der Waals surface area contributed by atoms with E-state index in [9.17, 15) is 9.90 Å². The van der Waals surface area contributed by atoms with Gasteiger partial charge in [-0.25, -0.2) is 4.79 Å². The van der Waals surface area contributed by atoms with Crippen molar-refractivity contribution in [2.24, 2.45) is 0 Å². The van der Waals surface area contributed by atoms with Crippen LogP contribution in [0.5, 0.6) is 5.75 Å². The average Bonchev–Trinajstić information content (AvgIpc) is 2.01. The standard InChI is InChI=1S/C9H12O3/c1-3-4-7-5-8(10)6(2)9(11)12-7/h5,10H,3-4H2,1-2H3. The third-order valence-electron chi connectivity index (χ3n) is 1.71. The van der Waals surface area contributed by atoms with Crippen LogP contribution in [0.2, 0.25) is 0 Å². The largest absolute Gasteiger partial charge is 0.507 e. The Labute approximate surface area is 70.7 Å². The fourth-order valence-electron chi connectivity index (χ4n) is 0.960. The van der Waals surface area contributed by atoms with Gasteiger partial charge in [-0.05, 0) is 13.3 Å². The maximum atomic E-state index is 11.0. The van der Waals surface area contributed by atoms with Crippen molar-refractivity contribution in [1.29, 1.82) is 0 Å². The Morgan fingerprint density at radius 2 is 2.25 bits per heavy atom. The molecule has 3 heteroatoms. The minimum atomic E-state index is -0.446. The van der Waals surface area contributed by atoms with Crippen LogP contribution in [0.1, 0.15) is 24.7 Å². The molecule has 0 saturated carbocycles. The smallest absolute Gasteiger partial charge is 0.342 e. The molecule has 0 aromatic carbocycles. The number of aryl methyl sites for hydroxylation is 1. The molecule has 0 aliphatic rings. The van der Waals surface area contributed by atoms with Gasteiger partial charge in [0.1, 0.15) is 11.5 Å². The first kappa shape index (κ1) is 8.84. The molecule has 3 nitrogen and oxygen atoms in total. The lowest BCUT2D eigenvalue weighted by atomic mass is 10.2. The zero-order valence-electron chi connectivity index (χ0n) is 7.26. The first-order chi connectivity index (χ1) is 5.65. The molecule has 0 fully saturated rings. The lowest BCUT2D eigenvalue weighted by molar-refractivity contribution is 0.415. The Hall–Kier alpha value is -1.25. The molecule has 0 radical (unpaired) electrons. The molecule has 0 amide bonds. The molecule has 0 atom stereocenters. The summed E-state index contributed by atoms with van der Waals surface area (Å²) in [6.45, 7) is 3.52. The van der Waals surface area contributed by atoms with Gasteiger partial charge in [0.2, 0.25) is 0 Å². The minimum absolute atomic E-state index is 0.0229. The van der Waals surface area contributed by atoms with Crippen molar-refractivity contribution in [3.63, 3.8) is 0 Å². The van der Waals surface area contributed by atoms with Crippen LogP contribution in [-0.4, -0.2) is 5.11 Å². The summed E-state index contributed by atoms with van der Waals surface area (Å²) in [6.07, 6.45) is 1.58. The zero-order chi connectivity index (χ0) is 9.14. The number of rotatable bonds is 2. The van der Waals surface area contributed by atoms with Crippen molar-refractivity contribution in [3.05, 3.63) is 27.8 Å². The van der Waals surface area contributed by atoms with E-state index in [4.69, 9.17) is 4.42 Å². The molecule has 1 heterocycles. The van der Waals surface area contributed by atoms with Gasteiger partial charge in [0, 0.05) is 12.5 Å². The minimum Gasteiger partial charge on any atom is -0.507 e. The van der Waals surface area contributed by atoms with E-state index in [0.29, 0.717) is 12.2 Å². The molecule has 1 rings (SSSR count). The predicted molar refractivity (Wildman–Crippen MR) is 45.4 cm³/mol. The number of hydrogen-bond donors (Lipinski definition) is 1. The fourth-order valence-corrected chi connectivity index (χ4v) is 0.960. The van der Waals surface area contributed by atoms with Crippen molar-refractivity contribution >= 4 is 0 Å². The summed E-state index contributed by atoms with van der Waals surface area (Å²) in [4.78, 5) is 11.0. The first-order valence-corrected chi connectivity index (χ1v) is 3.97. The summed E-state index contributed by atoms with van der Waals surface area (Å²) in [5.74, 6) is 0.570. The molecule has 0 aliphatic carbocycles. The van der Waals surface area contributed by atoms with Crippen LogP contribution >= 0.6 is 0 Å². The van der Waals surface area contributed by atoms with Gasteiger partial charge >= 0.3 is 5.63 Å². The molecule has 12 heavy (non-hydrogen) atoms. The van der Waals surface area contributed by atoms with Gasteiger partial charge < -0.3 is 9.52 Å². The van der Waals surface area contributed by atoms with E-state index >= 15 is 0 Å². The van der Waals surface area contributed by atoms with Crippen molar-refractivity contribution in [3.8, 4) is 5.75 Å². The van der Waals surface area contributed by atoms with Crippen LogP contribution in [0.25, 0.3) is 0 Å². The van der Waals surface area contributed by atoms with Gasteiger partial charge in [0.25, 0.3) is 0 Å². The Bertz CT molecular complexity index is 325. The van der Waals surface area contributed by atoms with E-state index in [-0.39, 0.29) is 11.3 Å². The third kappa shape index (κ3) is 1.67. The molecule has 0 saturated heterocycles. The highest BCUT2D eigenvalue weighted by Crippen LogP contribution is 2.14. The van der Waals surface area contributed by atoms with Crippen molar-refractivity contribution in [2.75, 3.05) is 0 Å². The Morgan fingerprint density at radius 1 is 1.58 bits per heavy atom. The summed E-state index contributed by atoms with van der Waals surface area (Å²) in [7, 11) is 0. The third-order valence-corrected chi connectivity index (χ3v) is 1.71. The predicted octanol–water partition coefficient (Wildman–Crippen LogP) is 1.61. The Morgan fingerprint density at radius 3 is 2.75 bits per heavy atom. The highest BCUT2D eigenvalue weighted by Gasteiger charge is 2.04. The normalized spacial score (nSPS) is 10.2. The van der Waals surface area contributed by atoms with Crippen LogP contribution in [0.4, 0.5) is 0 Å². The van der Waals surface area contributed by atoms with Gasteiger partial charge in [-0.2, -0.15) is 0 Å². The quantitative estimate of drug-likeness (QED) is 0.729. The molecule has 1 N–H and O–H groups in total. The number of hydrogen-bond acceptors (Lipinski definition) is 3. The Balaban J connectivity index is 3.13. The molecule has 0 spiro atoms. The van der Waals surface area contributed by atoms with Crippen LogP contribution in [0.3, 0.4) is 0 Å². The Kier molecular flexibility index (Phi) is 2.53. The molecule has 0 bridgehead atoms. The maximum absolute atomic E-state index is 11.0. The topological polar surface area (TPSA) is 50.4 Å². The second-order valence-electron chi connectivity index (χ2n) is 2.76. The molecule has 1 aromatic heterocycles. The van der Waals surface area contributed by atoms with Gasteiger partial charge in [-0.15, -0.1) is 0 Å². The van der Waals surface area contributed by atoms with E-state index in [1.54, 1.807) is 0 Å². The van der Waals surface area contributed by atoms with E-state index in [0.717, 1.165) is 6.42 Å². The van der Waals surface area contributed by atoms with E-state index < -0.39 is 5.63 Å². The molecule has 0 unspecified atom stereocenters. The van der Waals surface area contributed by atoms with Gasteiger partial charge in [0.05, 0.1) is 5.56 Å². The van der Waals surface area contributed by atoms with Gasteiger partial charge in [-0.3, -0.25) is 0 Å². The lowest BCUT2D eigenvalue weighted by Crippen LogP contribution is -2.04. The number of aromatic hydroxyl groups is 1. The second kappa shape index (κ2) is 3.43. The highest BCUT2D eigenvalue weighted by molar-refractivity contribution is 5.28. The van der Waals surface area contributed by atoms with Crippen LogP contribution < -0.4 is 5.63 Å². The summed E-state index contributed by atoms with van der Waals surface area (Å²) in [6, 6.07) is 1.50.